The van der Waals surface area contributed by atoms with E-state index in [2.05, 4.69) is 27.7 Å². The van der Waals surface area contributed by atoms with Gasteiger partial charge < -0.3 is 10.6 Å². The molecule has 0 aliphatic rings. The van der Waals surface area contributed by atoms with Crippen molar-refractivity contribution in [2.45, 2.75) is 34.1 Å². The summed E-state index contributed by atoms with van der Waals surface area (Å²) in [6, 6.07) is 0. The standard InChI is InChI=1S/C11H24N2O/c1-9(7-12)8-13(5)10(14)6-11(2,3)4/h9H,6-8,12H2,1-5H3. The molecule has 0 aliphatic carbocycles. The van der Waals surface area contributed by atoms with Crippen molar-refractivity contribution in [1.29, 1.82) is 0 Å². The van der Waals surface area contributed by atoms with Crippen LogP contribution in [0.1, 0.15) is 34.1 Å². The Kier molecular flexibility index (Phi) is 5.13. The van der Waals surface area contributed by atoms with E-state index in [1.54, 1.807) is 4.90 Å². The molecule has 0 heterocycles. The van der Waals surface area contributed by atoms with E-state index in [9.17, 15) is 4.79 Å². The molecule has 84 valence electrons. The van der Waals surface area contributed by atoms with E-state index in [0.29, 0.717) is 18.9 Å². The predicted molar refractivity (Wildman–Crippen MR) is 59.9 cm³/mol. The van der Waals surface area contributed by atoms with Crippen LogP contribution in [-0.2, 0) is 4.79 Å². The Morgan fingerprint density at radius 1 is 1.43 bits per heavy atom. The molecule has 0 spiro atoms. The van der Waals surface area contributed by atoms with Gasteiger partial charge in [0.2, 0.25) is 5.91 Å². The first-order valence-corrected chi connectivity index (χ1v) is 5.20. The molecule has 2 N–H and O–H groups in total. The van der Waals surface area contributed by atoms with Gasteiger partial charge in [-0.05, 0) is 17.9 Å². The van der Waals surface area contributed by atoms with Crippen molar-refractivity contribution in [3.05, 3.63) is 0 Å². The van der Waals surface area contributed by atoms with Crippen LogP contribution in [0.5, 0.6) is 0 Å². The summed E-state index contributed by atoms with van der Waals surface area (Å²) in [5.74, 6) is 0.585. The highest BCUT2D eigenvalue weighted by atomic mass is 16.2. The number of hydrogen-bond acceptors (Lipinski definition) is 2. The van der Waals surface area contributed by atoms with Crippen LogP contribution >= 0.6 is 0 Å². The van der Waals surface area contributed by atoms with Crippen molar-refractivity contribution in [3.63, 3.8) is 0 Å². The van der Waals surface area contributed by atoms with E-state index in [4.69, 9.17) is 5.73 Å². The molecule has 0 aromatic rings. The fourth-order valence-electron chi connectivity index (χ4n) is 1.23. The van der Waals surface area contributed by atoms with Crippen molar-refractivity contribution in [1.82, 2.24) is 4.90 Å². The Bertz CT molecular complexity index is 184. The zero-order valence-electron chi connectivity index (χ0n) is 10.1. The van der Waals surface area contributed by atoms with E-state index in [1.165, 1.54) is 0 Å². The molecule has 0 fully saturated rings. The maximum absolute atomic E-state index is 11.7. The zero-order valence-corrected chi connectivity index (χ0v) is 10.1. The Hall–Kier alpha value is -0.570. The molecule has 1 atom stereocenters. The number of nitrogens with zero attached hydrogens (tertiary/aromatic N) is 1. The summed E-state index contributed by atoms with van der Waals surface area (Å²) in [5, 5.41) is 0. The van der Waals surface area contributed by atoms with Gasteiger partial charge in [0.25, 0.3) is 0 Å². The normalized spacial score (nSPS) is 13.9. The number of carbonyl (C=O) groups excluding carboxylic acids is 1. The van der Waals surface area contributed by atoms with E-state index < -0.39 is 0 Å². The monoisotopic (exact) mass is 200 g/mol. The summed E-state index contributed by atoms with van der Waals surface area (Å²) in [7, 11) is 1.85. The van der Waals surface area contributed by atoms with Gasteiger partial charge in [-0.1, -0.05) is 27.7 Å². The molecule has 0 radical (unpaired) electrons. The minimum Gasteiger partial charge on any atom is -0.345 e. The highest BCUT2D eigenvalue weighted by molar-refractivity contribution is 5.76. The number of amides is 1. The van der Waals surface area contributed by atoms with Crippen LogP contribution in [0.25, 0.3) is 0 Å². The van der Waals surface area contributed by atoms with E-state index in [-0.39, 0.29) is 11.3 Å². The van der Waals surface area contributed by atoms with Crippen LogP contribution in [-0.4, -0.2) is 30.9 Å². The van der Waals surface area contributed by atoms with Gasteiger partial charge >= 0.3 is 0 Å². The molecule has 0 saturated heterocycles. The van der Waals surface area contributed by atoms with Crippen molar-refractivity contribution in [2.75, 3.05) is 20.1 Å². The molecule has 0 bridgehead atoms. The molecule has 14 heavy (non-hydrogen) atoms. The summed E-state index contributed by atoms with van der Waals surface area (Å²) in [5.41, 5.74) is 5.58. The number of carbonyl (C=O) groups is 1. The highest BCUT2D eigenvalue weighted by Gasteiger charge is 2.19. The molecular formula is C11H24N2O. The summed E-state index contributed by atoms with van der Waals surface area (Å²) in [4.78, 5) is 13.5. The van der Waals surface area contributed by atoms with E-state index >= 15 is 0 Å². The summed E-state index contributed by atoms with van der Waals surface area (Å²) < 4.78 is 0. The topological polar surface area (TPSA) is 46.3 Å². The van der Waals surface area contributed by atoms with Gasteiger partial charge in [0, 0.05) is 20.0 Å². The second-order valence-electron chi connectivity index (χ2n) is 5.35. The lowest BCUT2D eigenvalue weighted by atomic mass is 9.91. The minimum absolute atomic E-state index is 0.0668. The molecule has 0 rings (SSSR count). The highest BCUT2D eigenvalue weighted by Crippen LogP contribution is 2.19. The van der Waals surface area contributed by atoms with Crippen LogP contribution < -0.4 is 5.73 Å². The average Bonchev–Trinajstić information content (AvgIpc) is 2.00. The largest absolute Gasteiger partial charge is 0.345 e. The Balaban J connectivity index is 4.00. The second-order valence-corrected chi connectivity index (χ2v) is 5.35. The molecule has 3 nitrogen and oxygen atoms in total. The SMILES string of the molecule is CC(CN)CN(C)C(=O)CC(C)(C)C. The van der Waals surface area contributed by atoms with Crippen LogP contribution in [0.4, 0.5) is 0 Å². The Labute approximate surface area is 87.6 Å². The van der Waals surface area contributed by atoms with E-state index in [1.807, 2.05) is 7.05 Å². The third kappa shape index (κ3) is 5.97. The van der Waals surface area contributed by atoms with Crippen LogP contribution in [0.3, 0.4) is 0 Å². The minimum atomic E-state index is 0.0668. The van der Waals surface area contributed by atoms with Gasteiger partial charge in [-0.25, -0.2) is 0 Å². The van der Waals surface area contributed by atoms with Gasteiger partial charge in [-0.15, -0.1) is 0 Å². The fourth-order valence-corrected chi connectivity index (χ4v) is 1.23. The van der Waals surface area contributed by atoms with Gasteiger partial charge in [0.15, 0.2) is 0 Å². The average molecular weight is 200 g/mol. The summed E-state index contributed by atoms with van der Waals surface area (Å²) in [6.45, 7) is 9.67. The summed E-state index contributed by atoms with van der Waals surface area (Å²) in [6.07, 6.45) is 0.598. The predicted octanol–water partition coefficient (Wildman–Crippen LogP) is 1.48. The summed E-state index contributed by atoms with van der Waals surface area (Å²) >= 11 is 0. The molecule has 0 aromatic heterocycles. The molecule has 1 amide bonds. The van der Waals surface area contributed by atoms with Crippen LogP contribution in [0.15, 0.2) is 0 Å². The van der Waals surface area contributed by atoms with E-state index in [0.717, 1.165) is 6.54 Å². The Morgan fingerprint density at radius 2 is 1.93 bits per heavy atom. The van der Waals surface area contributed by atoms with Crippen molar-refractivity contribution in [3.8, 4) is 0 Å². The third-order valence-electron chi connectivity index (χ3n) is 2.10. The smallest absolute Gasteiger partial charge is 0.222 e. The molecule has 0 aliphatic heterocycles. The quantitative estimate of drug-likeness (QED) is 0.747. The van der Waals surface area contributed by atoms with Crippen LogP contribution in [0.2, 0.25) is 0 Å². The van der Waals surface area contributed by atoms with Gasteiger partial charge in [0.1, 0.15) is 0 Å². The second kappa shape index (κ2) is 5.35. The lowest BCUT2D eigenvalue weighted by Gasteiger charge is -2.25. The number of nitrogens with two attached hydrogens (primary N) is 1. The Morgan fingerprint density at radius 3 is 2.29 bits per heavy atom. The lowest BCUT2D eigenvalue weighted by molar-refractivity contribution is -0.132. The molecule has 0 saturated carbocycles. The molecule has 0 aromatic carbocycles. The first kappa shape index (κ1) is 13.4. The molecule has 1 unspecified atom stereocenters. The van der Waals surface area contributed by atoms with Crippen molar-refractivity contribution < 1.29 is 4.79 Å². The van der Waals surface area contributed by atoms with Crippen molar-refractivity contribution in [2.24, 2.45) is 17.1 Å². The van der Waals surface area contributed by atoms with Gasteiger partial charge in [-0.2, -0.15) is 0 Å². The zero-order chi connectivity index (χ0) is 11.4. The number of rotatable bonds is 4. The first-order valence-electron chi connectivity index (χ1n) is 5.20. The number of hydrogen-bond donors (Lipinski definition) is 1. The first-order chi connectivity index (χ1) is 6.26. The maximum atomic E-state index is 11.7. The molecular weight excluding hydrogens is 176 g/mol. The van der Waals surface area contributed by atoms with Gasteiger partial charge in [0.05, 0.1) is 0 Å². The third-order valence-corrected chi connectivity index (χ3v) is 2.10. The fraction of sp³-hybridized carbons (Fsp3) is 0.909. The van der Waals surface area contributed by atoms with Gasteiger partial charge in [-0.3, -0.25) is 4.79 Å². The molecule has 3 heteroatoms. The lowest BCUT2D eigenvalue weighted by Crippen LogP contribution is -2.35. The maximum Gasteiger partial charge on any atom is 0.222 e. The van der Waals surface area contributed by atoms with Crippen LogP contribution in [0, 0.1) is 11.3 Å². The van der Waals surface area contributed by atoms with Crippen molar-refractivity contribution >= 4 is 5.91 Å².